The number of rotatable bonds is 10. The second-order valence-corrected chi connectivity index (χ2v) is 16.9. The summed E-state index contributed by atoms with van der Waals surface area (Å²) in [7, 11) is 1.36. The predicted molar refractivity (Wildman–Crippen MR) is 138 cm³/mol. The highest BCUT2D eigenvalue weighted by atomic mass is 28.4. The van der Waals surface area contributed by atoms with Crippen molar-refractivity contribution in [3.05, 3.63) is 29.8 Å². The van der Waals surface area contributed by atoms with Gasteiger partial charge >= 0.3 is 0 Å². The van der Waals surface area contributed by atoms with Gasteiger partial charge in [-0.2, -0.15) is 0 Å². The molecule has 0 N–H and O–H groups in total. The number of hydrogen-bond acceptors (Lipinski definition) is 7. The highest BCUT2D eigenvalue weighted by molar-refractivity contribution is 6.74. The second-order valence-electron chi connectivity index (χ2n) is 12.2. The lowest BCUT2D eigenvalue weighted by atomic mass is 9.61. The molecular weight excluding hydrogens is 462 g/mol. The fourth-order valence-corrected chi connectivity index (χ4v) is 7.28. The van der Waals surface area contributed by atoms with Gasteiger partial charge in [0, 0.05) is 63.2 Å². The van der Waals surface area contributed by atoms with E-state index in [-0.39, 0.29) is 41.8 Å². The Morgan fingerprint density at radius 1 is 1.06 bits per heavy atom. The van der Waals surface area contributed by atoms with E-state index in [0.717, 1.165) is 38.1 Å². The van der Waals surface area contributed by atoms with Gasteiger partial charge in [-0.3, -0.25) is 4.90 Å². The number of methoxy groups -OCH3 is 2. The maximum atomic E-state index is 7.13. The highest BCUT2D eigenvalue weighted by Crippen LogP contribution is 2.56. The van der Waals surface area contributed by atoms with Crippen molar-refractivity contribution in [3.63, 3.8) is 0 Å². The van der Waals surface area contributed by atoms with E-state index in [1.165, 1.54) is 5.56 Å². The minimum Gasteiger partial charge on any atom is -0.472 e. The first-order valence-corrected chi connectivity index (χ1v) is 15.8. The number of para-hydroxylation sites is 1. The molecule has 2 bridgehead atoms. The third-order valence-corrected chi connectivity index (χ3v) is 13.2. The zero-order chi connectivity index (χ0) is 25.3. The minimum absolute atomic E-state index is 0.140. The largest absolute Gasteiger partial charge is 0.472 e. The van der Waals surface area contributed by atoms with Gasteiger partial charge in [-0.15, -0.1) is 0 Å². The van der Waals surface area contributed by atoms with Gasteiger partial charge in [0.05, 0.1) is 13.2 Å². The normalized spacial score (nSPS) is 28.2. The molecule has 1 saturated heterocycles. The SMILES string of the molecule is COCOCC1(COCOC)CN2Cc3ccccc3O[C@]23CC[C@H](O[Si](C)(C)C(C)(C)C)[C@H]1C3. The molecule has 1 saturated carbocycles. The van der Waals surface area contributed by atoms with Gasteiger partial charge < -0.3 is 28.1 Å². The van der Waals surface area contributed by atoms with Gasteiger partial charge in [0.25, 0.3) is 0 Å². The summed E-state index contributed by atoms with van der Waals surface area (Å²) in [5.74, 6) is 1.26. The van der Waals surface area contributed by atoms with Crippen molar-refractivity contribution in [1.29, 1.82) is 0 Å². The van der Waals surface area contributed by atoms with Gasteiger partial charge in [-0.05, 0) is 30.6 Å². The zero-order valence-corrected chi connectivity index (χ0v) is 23.7. The summed E-state index contributed by atoms with van der Waals surface area (Å²) in [6.45, 7) is 14.9. The quantitative estimate of drug-likeness (QED) is 0.251. The van der Waals surface area contributed by atoms with Gasteiger partial charge in [0.2, 0.25) is 0 Å². The maximum Gasteiger partial charge on any atom is 0.192 e. The molecule has 0 aromatic heterocycles. The summed E-state index contributed by atoms with van der Waals surface area (Å²) < 4.78 is 36.7. The lowest BCUT2D eigenvalue weighted by molar-refractivity contribution is -0.252. The molecule has 8 heteroatoms. The van der Waals surface area contributed by atoms with Crippen LogP contribution in [0.1, 0.15) is 45.6 Å². The third-order valence-electron chi connectivity index (χ3n) is 8.74. The molecule has 1 aliphatic carbocycles. The summed E-state index contributed by atoms with van der Waals surface area (Å²) in [4.78, 5) is 2.53. The number of fused-ring (bicyclic) bond motifs is 2. The molecule has 4 rings (SSSR count). The van der Waals surface area contributed by atoms with Crippen molar-refractivity contribution >= 4 is 8.32 Å². The van der Waals surface area contributed by atoms with E-state index in [9.17, 15) is 0 Å². The molecule has 1 spiro atoms. The fraction of sp³-hybridized carbons (Fsp3) is 0.778. The first-order chi connectivity index (χ1) is 16.6. The van der Waals surface area contributed by atoms with Crippen LogP contribution in [-0.2, 0) is 29.9 Å². The molecular formula is C27H45NO6Si. The van der Waals surface area contributed by atoms with Crippen LogP contribution < -0.4 is 4.74 Å². The Morgan fingerprint density at radius 3 is 2.34 bits per heavy atom. The van der Waals surface area contributed by atoms with Crippen molar-refractivity contribution in [3.8, 4) is 5.75 Å². The van der Waals surface area contributed by atoms with Crippen molar-refractivity contribution < 1.29 is 28.1 Å². The number of nitrogens with zero attached hydrogens (tertiary/aromatic N) is 1. The van der Waals surface area contributed by atoms with Gasteiger partial charge in [0.15, 0.2) is 14.0 Å². The molecule has 2 fully saturated rings. The Morgan fingerprint density at radius 2 is 1.71 bits per heavy atom. The summed E-state index contributed by atoms with van der Waals surface area (Å²) in [5.41, 5.74) is 0.669. The molecule has 0 amide bonds. The fourth-order valence-electron chi connectivity index (χ4n) is 5.89. The summed E-state index contributed by atoms with van der Waals surface area (Å²) >= 11 is 0. The zero-order valence-electron chi connectivity index (χ0n) is 22.7. The molecule has 0 unspecified atom stereocenters. The van der Waals surface area contributed by atoms with E-state index < -0.39 is 8.32 Å². The van der Waals surface area contributed by atoms with Crippen molar-refractivity contribution in [2.24, 2.45) is 11.3 Å². The maximum absolute atomic E-state index is 7.13. The smallest absolute Gasteiger partial charge is 0.192 e. The number of benzene rings is 1. The Hall–Kier alpha value is -1.00. The Balaban J connectivity index is 1.70. The molecule has 3 atom stereocenters. The highest BCUT2D eigenvalue weighted by Gasteiger charge is 2.62. The Kier molecular flexibility index (Phi) is 8.03. The Labute approximate surface area is 212 Å². The molecule has 1 aromatic rings. The molecule has 0 radical (unpaired) electrons. The third kappa shape index (κ3) is 5.35. The molecule has 2 heterocycles. The lowest BCUT2D eigenvalue weighted by Crippen LogP contribution is -2.71. The lowest BCUT2D eigenvalue weighted by Gasteiger charge is -2.63. The van der Waals surface area contributed by atoms with Crippen molar-refractivity contribution in [1.82, 2.24) is 4.90 Å². The van der Waals surface area contributed by atoms with Gasteiger partial charge in [0.1, 0.15) is 19.3 Å². The number of piperidine rings is 1. The van der Waals surface area contributed by atoms with Crippen LogP contribution in [0, 0.1) is 11.3 Å². The summed E-state index contributed by atoms with van der Waals surface area (Å²) in [6, 6.07) is 8.44. The van der Waals surface area contributed by atoms with E-state index in [2.05, 4.69) is 63.0 Å². The van der Waals surface area contributed by atoms with Crippen LogP contribution in [0.15, 0.2) is 24.3 Å². The van der Waals surface area contributed by atoms with E-state index in [1.807, 2.05) is 0 Å². The van der Waals surface area contributed by atoms with Crippen molar-refractivity contribution in [2.75, 3.05) is 47.6 Å². The average molecular weight is 508 g/mol. The van der Waals surface area contributed by atoms with E-state index >= 15 is 0 Å². The minimum atomic E-state index is -1.98. The first kappa shape index (κ1) is 27.0. The molecule has 198 valence electrons. The van der Waals surface area contributed by atoms with Gasteiger partial charge in [-0.25, -0.2) is 0 Å². The topological polar surface area (TPSA) is 58.6 Å². The molecule has 3 aliphatic rings. The number of ether oxygens (including phenoxy) is 5. The van der Waals surface area contributed by atoms with E-state index in [1.54, 1.807) is 14.2 Å². The van der Waals surface area contributed by atoms with Crippen LogP contribution in [0.4, 0.5) is 0 Å². The molecule has 2 aliphatic heterocycles. The average Bonchev–Trinajstić information content (AvgIpc) is 2.80. The van der Waals surface area contributed by atoms with Crippen molar-refractivity contribution in [2.45, 2.75) is 76.5 Å². The molecule has 1 aromatic carbocycles. The molecule has 7 nitrogen and oxygen atoms in total. The first-order valence-electron chi connectivity index (χ1n) is 12.9. The number of hydrogen-bond donors (Lipinski definition) is 0. The van der Waals surface area contributed by atoms with Crippen LogP contribution >= 0.6 is 0 Å². The van der Waals surface area contributed by atoms with Gasteiger partial charge in [-0.1, -0.05) is 39.0 Å². The predicted octanol–water partition coefficient (Wildman–Crippen LogP) is 5.01. The Bertz CT molecular complexity index is 848. The summed E-state index contributed by atoms with van der Waals surface area (Å²) in [5, 5.41) is 0.144. The van der Waals surface area contributed by atoms with E-state index in [4.69, 9.17) is 28.1 Å². The van der Waals surface area contributed by atoms with Crippen LogP contribution in [0.25, 0.3) is 0 Å². The summed E-state index contributed by atoms with van der Waals surface area (Å²) in [6.07, 6.45) is 2.96. The van der Waals surface area contributed by atoms with Crippen LogP contribution in [0.5, 0.6) is 5.75 Å². The van der Waals surface area contributed by atoms with E-state index in [0.29, 0.717) is 13.2 Å². The standard InChI is InChI=1S/C27H45NO6Si/c1-25(2,3)35(6,7)34-24-12-13-27-14-22(24)26(17-31-19-29-4,18-32-20-30-5)16-28(27)15-21-10-8-9-11-23(21)33-27/h8-11,22,24H,12-20H2,1-7H3/t22-,24+,27+/m1/s1. The molecule has 35 heavy (non-hydrogen) atoms. The monoisotopic (exact) mass is 507 g/mol. The van der Waals surface area contributed by atoms with Crippen LogP contribution in [-0.4, -0.2) is 72.6 Å². The second kappa shape index (κ2) is 10.4. The van der Waals surface area contributed by atoms with Crippen LogP contribution in [0.2, 0.25) is 18.1 Å². The van der Waals surface area contributed by atoms with Crippen LogP contribution in [0.3, 0.4) is 0 Å².